The molecule has 3 aromatic heterocycles. The van der Waals surface area contributed by atoms with Crippen LogP contribution in [-0.2, 0) is 0 Å². The molecule has 0 radical (unpaired) electrons. The number of nitrogens with zero attached hydrogens (tertiary/aromatic N) is 4. The van der Waals surface area contributed by atoms with E-state index in [0.717, 1.165) is 25.2 Å². The minimum atomic E-state index is -0.409. The smallest absolute Gasteiger partial charge is 0.267 e. The molecule has 0 unspecified atom stereocenters. The Bertz CT molecular complexity index is 1520. The number of likely N-dealkylation sites (N-methyl/N-ethyl adjacent to an activating group) is 1. The predicted molar refractivity (Wildman–Crippen MR) is 146 cm³/mol. The number of benzene rings is 1. The summed E-state index contributed by atoms with van der Waals surface area (Å²) < 4.78 is 1.62. The van der Waals surface area contributed by atoms with E-state index >= 15 is 0 Å². The molecule has 0 aliphatic heterocycles. The normalized spacial score (nSPS) is 11.4. The maximum Gasteiger partial charge on any atom is 0.267 e. The molecule has 0 atom stereocenters. The van der Waals surface area contributed by atoms with Crippen molar-refractivity contribution >= 4 is 17.1 Å². The number of aromatic amines is 1. The Kier molecular flexibility index (Phi) is 7.93. The van der Waals surface area contributed by atoms with Gasteiger partial charge in [-0.3, -0.25) is 14.4 Å². The number of rotatable bonds is 9. The number of amides is 1. The van der Waals surface area contributed by atoms with E-state index < -0.39 is 5.43 Å². The van der Waals surface area contributed by atoms with Crippen LogP contribution in [0.3, 0.4) is 0 Å². The number of carbonyl (C=O) groups excluding carboxylic acids is 1. The van der Waals surface area contributed by atoms with Gasteiger partial charge in [0.05, 0.1) is 11.4 Å². The van der Waals surface area contributed by atoms with Crippen molar-refractivity contribution in [1.29, 1.82) is 0 Å². The zero-order chi connectivity index (χ0) is 26.5. The van der Waals surface area contributed by atoms with E-state index in [0.29, 0.717) is 23.5 Å². The van der Waals surface area contributed by atoms with Gasteiger partial charge in [0.2, 0.25) is 5.43 Å². The Morgan fingerprint density at radius 3 is 2.38 bits per heavy atom. The first-order valence-corrected chi connectivity index (χ1v) is 12.6. The molecule has 4 rings (SSSR count). The number of carbonyl (C=O) groups is 1. The maximum atomic E-state index is 13.1. The zero-order valence-corrected chi connectivity index (χ0v) is 21.6. The first kappa shape index (κ1) is 26.0. The third kappa shape index (κ3) is 5.67. The lowest BCUT2D eigenvalue weighted by Crippen LogP contribution is -2.35. The quantitative estimate of drug-likeness (QED) is 0.364. The summed E-state index contributed by atoms with van der Waals surface area (Å²) in [4.78, 5) is 52.9. The molecule has 0 saturated heterocycles. The van der Waals surface area contributed by atoms with Crippen molar-refractivity contribution in [2.24, 2.45) is 0 Å². The highest BCUT2D eigenvalue weighted by atomic mass is 16.2. The molecule has 9 nitrogen and oxygen atoms in total. The molecule has 0 fully saturated rings. The van der Waals surface area contributed by atoms with E-state index in [4.69, 9.17) is 9.97 Å². The minimum Gasteiger partial charge on any atom is -0.349 e. The number of hydrogen-bond acceptors (Lipinski definition) is 6. The van der Waals surface area contributed by atoms with Crippen LogP contribution in [0.2, 0.25) is 0 Å². The minimum absolute atomic E-state index is 0.0488. The van der Waals surface area contributed by atoms with Gasteiger partial charge in [-0.2, -0.15) is 0 Å². The van der Waals surface area contributed by atoms with Gasteiger partial charge < -0.3 is 19.8 Å². The molecule has 3 heterocycles. The fourth-order valence-corrected chi connectivity index (χ4v) is 4.19. The molecule has 192 valence electrons. The van der Waals surface area contributed by atoms with E-state index in [-0.39, 0.29) is 34.4 Å². The van der Waals surface area contributed by atoms with Crippen LogP contribution in [0.15, 0.2) is 64.3 Å². The molecule has 0 saturated carbocycles. The molecule has 1 aromatic carbocycles. The van der Waals surface area contributed by atoms with Crippen molar-refractivity contribution < 1.29 is 4.79 Å². The van der Waals surface area contributed by atoms with Gasteiger partial charge in [-0.05, 0) is 33.0 Å². The third-order valence-electron chi connectivity index (χ3n) is 6.33. The molecule has 0 spiro atoms. The summed E-state index contributed by atoms with van der Waals surface area (Å²) in [6.45, 7) is 11.0. The van der Waals surface area contributed by atoms with Gasteiger partial charge in [-0.15, -0.1) is 0 Å². The first-order chi connectivity index (χ1) is 17.8. The highest BCUT2D eigenvalue weighted by Gasteiger charge is 2.18. The van der Waals surface area contributed by atoms with Crippen LogP contribution >= 0.6 is 0 Å². The summed E-state index contributed by atoms with van der Waals surface area (Å²) in [7, 11) is 0. The van der Waals surface area contributed by atoms with Gasteiger partial charge in [-0.25, -0.2) is 9.97 Å². The van der Waals surface area contributed by atoms with Gasteiger partial charge in [0.25, 0.3) is 11.5 Å². The second-order valence-corrected chi connectivity index (χ2v) is 9.07. The number of nitrogens with one attached hydrogen (secondary N) is 2. The van der Waals surface area contributed by atoms with Gasteiger partial charge >= 0.3 is 0 Å². The Morgan fingerprint density at radius 1 is 1.00 bits per heavy atom. The number of fused-ring (bicyclic) bond motifs is 1. The van der Waals surface area contributed by atoms with Crippen LogP contribution in [0.5, 0.6) is 0 Å². The lowest BCUT2D eigenvalue weighted by atomic mass is 10.0. The van der Waals surface area contributed by atoms with Crippen LogP contribution < -0.4 is 16.3 Å². The molecule has 2 N–H and O–H groups in total. The molecule has 0 aliphatic carbocycles. The molecule has 0 aliphatic rings. The lowest BCUT2D eigenvalue weighted by Gasteiger charge is -2.18. The second-order valence-electron chi connectivity index (χ2n) is 9.07. The third-order valence-corrected chi connectivity index (χ3v) is 6.33. The second kappa shape index (κ2) is 11.3. The molecule has 0 bridgehead atoms. The highest BCUT2D eigenvalue weighted by molar-refractivity contribution is 5.94. The van der Waals surface area contributed by atoms with Crippen LogP contribution in [0.4, 0.5) is 0 Å². The van der Waals surface area contributed by atoms with Crippen molar-refractivity contribution in [3.05, 3.63) is 81.0 Å². The molecule has 4 aromatic rings. The van der Waals surface area contributed by atoms with Gasteiger partial charge in [0.1, 0.15) is 5.69 Å². The summed E-state index contributed by atoms with van der Waals surface area (Å²) in [5, 5.41) is 2.86. The van der Waals surface area contributed by atoms with Gasteiger partial charge in [0, 0.05) is 48.6 Å². The maximum absolute atomic E-state index is 13.1. The molecule has 1 amide bonds. The first-order valence-electron chi connectivity index (χ1n) is 12.6. The summed E-state index contributed by atoms with van der Waals surface area (Å²) in [5.74, 6) is -0.373. The molecular weight excluding hydrogens is 468 g/mol. The Hall–Kier alpha value is -4.11. The van der Waals surface area contributed by atoms with Crippen molar-refractivity contribution in [3.63, 3.8) is 0 Å². The topological polar surface area (TPSA) is 113 Å². The summed E-state index contributed by atoms with van der Waals surface area (Å²) >= 11 is 0. The summed E-state index contributed by atoms with van der Waals surface area (Å²) in [6, 6.07) is 13.9. The largest absolute Gasteiger partial charge is 0.349 e. The van der Waals surface area contributed by atoms with Gasteiger partial charge in [-0.1, -0.05) is 44.2 Å². The highest BCUT2D eigenvalue weighted by Crippen LogP contribution is 2.29. The van der Waals surface area contributed by atoms with Crippen LogP contribution in [0.1, 0.15) is 44.2 Å². The van der Waals surface area contributed by atoms with Crippen molar-refractivity contribution in [2.45, 2.75) is 33.7 Å². The average Bonchev–Trinajstić information content (AvgIpc) is 2.91. The lowest BCUT2D eigenvalue weighted by molar-refractivity contribution is 0.0944. The standard InChI is InChI=1S/C28H32N6O3/c1-5-33(6-2)15-14-29-28(37)21-16-22(35)26-27(30-21)32-24(19-10-8-7-9-11-19)25(31-26)20-12-13-23(36)34(17-20)18(3)4/h7-13,16-18H,5-6,14-15H2,1-4H3,(H,29,37)(H,30,32,35). The van der Waals surface area contributed by atoms with E-state index in [1.807, 2.05) is 44.2 Å². The number of hydrogen-bond donors (Lipinski definition) is 2. The summed E-state index contributed by atoms with van der Waals surface area (Å²) in [5.41, 5.74) is 2.43. The predicted octanol–water partition coefficient (Wildman–Crippen LogP) is 3.47. The van der Waals surface area contributed by atoms with Crippen molar-refractivity contribution in [3.8, 4) is 22.5 Å². The Balaban J connectivity index is 1.81. The van der Waals surface area contributed by atoms with E-state index in [2.05, 4.69) is 29.0 Å². The monoisotopic (exact) mass is 500 g/mol. The fourth-order valence-electron chi connectivity index (χ4n) is 4.19. The number of aromatic nitrogens is 4. The zero-order valence-electron chi connectivity index (χ0n) is 21.6. The average molecular weight is 501 g/mol. The Morgan fingerprint density at radius 2 is 1.70 bits per heavy atom. The Labute approximate surface area is 215 Å². The molecule has 37 heavy (non-hydrogen) atoms. The number of pyridine rings is 2. The van der Waals surface area contributed by atoms with Crippen LogP contribution in [0, 0.1) is 0 Å². The van der Waals surface area contributed by atoms with Crippen molar-refractivity contribution in [2.75, 3.05) is 26.2 Å². The van der Waals surface area contributed by atoms with Crippen LogP contribution in [-0.4, -0.2) is 56.5 Å². The number of H-pyrrole nitrogens is 1. The summed E-state index contributed by atoms with van der Waals surface area (Å²) in [6.07, 6.45) is 1.74. The van der Waals surface area contributed by atoms with E-state index in [1.165, 1.54) is 12.1 Å². The van der Waals surface area contributed by atoms with E-state index in [9.17, 15) is 14.4 Å². The SMILES string of the molecule is CCN(CC)CCNC(=O)c1cc(=O)c2nc(-c3ccc(=O)n(C(C)C)c3)c(-c3ccccc3)nc2[nH]1. The van der Waals surface area contributed by atoms with Gasteiger partial charge in [0.15, 0.2) is 11.2 Å². The fraction of sp³-hybridized carbons (Fsp3) is 0.321. The van der Waals surface area contributed by atoms with Crippen molar-refractivity contribution in [1.82, 2.24) is 29.7 Å². The molecule has 9 heteroatoms. The van der Waals surface area contributed by atoms with Crippen LogP contribution in [0.25, 0.3) is 33.7 Å². The molecular formula is C28H32N6O3. The van der Waals surface area contributed by atoms with E-state index in [1.54, 1.807) is 16.8 Å².